The normalized spacial score (nSPS) is 38.3. The molecule has 0 radical (unpaired) electrons. The van der Waals surface area contributed by atoms with Crippen LogP contribution in [0.3, 0.4) is 0 Å². The molecule has 0 spiro atoms. The summed E-state index contributed by atoms with van der Waals surface area (Å²) in [5, 5.41) is 0. The Labute approximate surface area is 173 Å². The van der Waals surface area contributed by atoms with Gasteiger partial charge in [0.05, 0.1) is 0 Å². The Bertz CT molecular complexity index is 622. The van der Waals surface area contributed by atoms with Gasteiger partial charge in [-0.1, -0.05) is 51.3 Å². The number of hydrogen-bond acceptors (Lipinski definition) is 2. The van der Waals surface area contributed by atoms with Crippen molar-refractivity contribution in [3.05, 3.63) is 23.3 Å². The van der Waals surface area contributed by atoms with E-state index in [1.54, 1.807) is 5.57 Å². The van der Waals surface area contributed by atoms with Crippen LogP contribution in [0.1, 0.15) is 99.3 Å². The molecule has 0 aromatic carbocycles. The Morgan fingerprint density at radius 2 is 1.71 bits per heavy atom. The second-order valence-corrected chi connectivity index (χ2v) is 10.3. The highest BCUT2D eigenvalue weighted by Gasteiger charge is 2.43. The fourth-order valence-corrected chi connectivity index (χ4v) is 5.70. The molecule has 0 aromatic heterocycles. The Hall–Kier alpha value is -1.18. The zero-order chi connectivity index (χ0) is 20.9. The number of ketones is 2. The Balaban J connectivity index is 0.000000640. The third-order valence-electron chi connectivity index (χ3n) is 7.25. The molecule has 0 saturated heterocycles. The fraction of sp³-hybridized carbons (Fsp3) is 0.769. The predicted octanol–water partition coefficient (Wildman–Crippen LogP) is 7.09. The van der Waals surface area contributed by atoms with Gasteiger partial charge in [0, 0.05) is 11.8 Å². The standard InChI is InChI=1S/C23H36O.C3H6O/c1-16-7-9-18(3)21-11-10-19-15-20(24)6-5-13-23(19,4)22(21)12-8-17(2)14-16;1-3(2)4/h12,15-18,21H,5-11,13-14H2,1-4H3;1-2H3/b22-12+;. The van der Waals surface area contributed by atoms with Crippen LogP contribution in [-0.4, -0.2) is 11.6 Å². The van der Waals surface area contributed by atoms with Crippen LogP contribution in [0.4, 0.5) is 0 Å². The van der Waals surface area contributed by atoms with E-state index in [0.717, 1.165) is 42.9 Å². The number of Topliss-reactive ketones (excluding diaryl/α,β-unsaturated/α-hetero) is 1. The van der Waals surface area contributed by atoms with Crippen molar-refractivity contribution >= 4 is 11.6 Å². The Morgan fingerprint density at radius 1 is 1.04 bits per heavy atom. The zero-order valence-electron chi connectivity index (χ0n) is 19.1. The summed E-state index contributed by atoms with van der Waals surface area (Å²) in [6, 6.07) is 0. The number of allylic oxidation sites excluding steroid dienone is 4. The second kappa shape index (κ2) is 10.0. The molecule has 5 atom stereocenters. The first-order valence-corrected chi connectivity index (χ1v) is 11.5. The molecule has 3 aliphatic carbocycles. The molecule has 3 rings (SSSR count). The lowest BCUT2D eigenvalue weighted by atomic mass is 9.58. The lowest BCUT2D eigenvalue weighted by Crippen LogP contribution is -2.34. The first-order chi connectivity index (χ1) is 13.1. The second-order valence-electron chi connectivity index (χ2n) is 10.3. The highest BCUT2D eigenvalue weighted by molar-refractivity contribution is 5.91. The third kappa shape index (κ3) is 5.91. The topological polar surface area (TPSA) is 34.1 Å². The zero-order valence-corrected chi connectivity index (χ0v) is 19.1. The third-order valence-corrected chi connectivity index (χ3v) is 7.25. The molecular weight excluding hydrogens is 344 g/mol. The average Bonchev–Trinajstić information content (AvgIpc) is 2.74. The van der Waals surface area contributed by atoms with E-state index >= 15 is 0 Å². The van der Waals surface area contributed by atoms with E-state index in [1.165, 1.54) is 57.9 Å². The van der Waals surface area contributed by atoms with Crippen LogP contribution in [0, 0.1) is 29.1 Å². The van der Waals surface area contributed by atoms with Crippen LogP contribution in [0.5, 0.6) is 0 Å². The van der Waals surface area contributed by atoms with Gasteiger partial charge < -0.3 is 4.79 Å². The van der Waals surface area contributed by atoms with Crippen LogP contribution < -0.4 is 0 Å². The van der Waals surface area contributed by atoms with E-state index < -0.39 is 0 Å². The maximum Gasteiger partial charge on any atom is 0.155 e. The SMILES string of the molecule is CC(C)=O.CC1C/C=C2\C(CCC3=CC(=O)CCCC32C)C(C)CCC(C)C1. The number of rotatable bonds is 0. The van der Waals surface area contributed by atoms with Gasteiger partial charge in [-0.25, -0.2) is 0 Å². The summed E-state index contributed by atoms with van der Waals surface area (Å²) in [5.74, 6) is 3.69. The summed E-state index contributed by atoms with van der Waals surface area (Å²) in [7, 11) is 0. The molecule has 0 amide bonds. The Morgan fingerprint density at radius 3 is 2.39 bits per heavy atom. The minimum atomic E-state index is 0.161. The van der Waals surface area contributed by atoms with Crippen molar-refractivity contribution < 1.29 is 9.59 Å². The maximum absolute atomic E-state index is 12.1. The number of hydrogen-bond donors (Lipinski definition) is 0. The van der Waals surface area contributed by atoms with Crippen molar-refractivity contribution in [3.63, 3.8) is 0 Å². The maximum atomic E-state index is 12.1. The minimum absolute atomic E-state index is 0.161. The molecule has 0 N–H and O–H groups in total. The van der Waals surface area contributed by atoms with Gasteiger partial charge in [-0.05, 0) is 88.5 Å². The lowest BCUT2D eigenvalue weighted by Gasteiger charge is -2.46. The number of carbonyl (C=O) groups excluding carboxylic acids is 2. The highest BCUT2D eigenvalue weighted by Crippen LogP contribution is 2.54. The summed E-state index contributed by atoms with van der Waals surface area (Å²) < 4.78 is 0. The van der Waals surface area contributed by atoms with E-state index in [2.05, 4.69) is 33.8 Å². The van der Waals surface area contributed by atoms with E-state index in [4.69, 9.17) is 0 Å². The molecule has 28 heavy (non-hydrogen) atoms. The minimum Gasteiger partial charge on any atom is -0.300 e. The molecule has 2 nitrogen and oxygen atoms in total. The smallest absolute Gasteiger partial charge is 0.155 e. The molecule has 158 valence electrons. The summed E-state index contributed by atoms with van der Waals surface area (Å²) in [4.78, 5) is 21.6. The van der Waals surface area contributed by atoms with Gasteiger partial charge in [-0.3, -0.25) is 4.79 Å². The first-order valence-electron chi connectivity index (χ1n) is 11.5. The molecule has 3 aliphatic rings. The van der Waals surface area contributed by atoms with Crippen molar-refractivity contribution in [2.75, 3.05) is 0 Å². The molecule has 1 fully saturated rings. The largest absolute Gasteiger partial charge is 0.300 e. The summed E-state index contributed by atoms with van der Waals surface area (Å²) in [5.41, 5.74) is 3.30. The van der Waals surface area contributed by atoms with E-state index in [0.29, 0.717) is 5.78 Å². The van der Waals surface area contributed by atoms with Gasteiger partial charge in [0.15, 0.2) is 5.78 Å². The van der Waals surface area contributed by atoms with E-state index in [9.17, 15) is 9.59 Å². The number of carbonyl (C=O) groups is 2. The number of fused-ring (bicyclic) bond motifs is 3. The molecule has 0 aliphatic heterocycles. The first kappa shape index (κ1) is 23.1. The molecule has 2 heteroatoms. The molecular formula is C26H42O2. The van der Waals surface area contributed by atoms with Gasteiger partial charge in [0.25, 0.3) is 0 Å². The summed E-state index contributed by atoms with van der Waals surface area (Å²) in [6.07, 6.45) is 15.3. The van der Waals surface area contributed by atoms with Gasteiger partial charge in [0.1, 0.15) is 5.78 Å². The van der Waals surface area contributed by atoms with Gasteiger partial charge in [-0.15, -0.1) is 0 Å². The van der Waals surface area contributed by atoms with Crippen LogP contribution >= 0.6 is 0 Å². The van der Waals surface area contributed by atoms with Crippen LogP contribution in [0.25, 0.3) is 0 Å². The van der Waals surface area contributed by atoms with Crippen molar-refractivity contribution in [2.24, 2.45) is 29.1 Å². The molecule has 1 saturated carbocycles. The lowest BCUT2D eigenvalue weighted by molar-refractivity contribution is -0.115. The molecule has 0 bridgehead atoms. The van der Waals surface area contributed by atoms with Crippen LogP contribution in [-0.2, 0) is 9.59 Å². The van der Waals surface area contributed by atoms with Crippen molar-refractivity contribution in [2.45, 2.75) is 99.3 Å². The van der Waals surface area contributed by atoms with Crippen molar-refractivity contribution in [1.29, 1.82) is 0 Å². The Kier molecular flexibility index (Phi) is 8.28. The van der Waals surface area contributed by atoms with Crippen molar-refractivity contribution in [3.8, 4) is 0 Å². The monoisotopic (exact) mass is 386 g/mol. The van der Waals surface area contributed by atoms with Crippen LogP contribution in [0.2, 0.25) is 0 Å². The molecule has 0 heterocycles. The summed E-state index contributed by atoms with van der Waals surface area (Å²) >= 11 is 0. The fourth-order valence-electron chi connectivity index (χ4n) is 5.70. The summed E-state index contributed by atoms with van der Waals surface area (Å²) in [6.45, 7) is 12.8. The van der Waals surface area contributed by atoms with Gasteiger partial charge >= 0.3 is 0 Å². The van der Waals surface area contributed by atoms with Crippen LogP contribution in [0.15, 0.2) is 23.3 Å². The van der Waals surface area contributed by atoms with Gasteiger partial charge in [-0.2, -0.15) is 0 Å². The van der Waals surface area contributed by atoms with Gasteiger partial charge in [0.2, 0.25) is 0 Å². The highest BCUT2D eigenvalue weighted by atomic mass is 16.1. The molecule has 5 unspecified atom stereocenters. The van der Waals surface area contributed by atoms with Crippen molar-refractivity contribution in [1.82, 2.24) is 0 Å². The predicted molar refractivity (Wildman–Crippen MR) is 118 cm³/mol. The van der Waals surface area contributed by atoms with E-state index in [1.807, 2.05) is 6.08 Å². The average molecular weight is 387 g/mol. The van der Waals surface area contributed by atoms with E-state index in [-0.39, 0.29) is 11.2 Å². The molecule has 0 aromatic rings. The quantitative estimate of drug-likeness (QED) is 0.417.